The molecule has 2 heterocycles. The molecule has 1 unspecified atom stereocenters. The average molecular weight is 332 g/mol. The van der Waals surface area contributed by atoms with Crippen molar-refractivity contribution < 1.29 is 34.7 Å². The van der Waals surface area contributed by atoms with E-state index in [0.717, 1.165) is 13.3 Å². The molecule has 0 spiro atoms. The number of nitrogens with one attached hydrogen (secondary N) is 1. The maximum atomic E-state index is 11.9. The number of aliphatic hydroxyl groups excluding tert-OH is 4. The summed E-state index contributed by atoms with van der Waals surface area (Å²) in [5.74, 6) is -1.12. The molecule has 0 aliphatic carbocycles. The van der Waals surface area contributed by atoms with E-state index < -0.39 is 60.0 Å². The van der Waals surface area contributed by atoms with Gasteiger partial charge in [-0.3, -0.25) is 14.3 Å². The van der Waals surface area contributed by atoms with Crippen molar-refractivity contribution in [3.63, 3.8) is 0 Å². The zero-order chi connectivity index (χ0) is 17.3. The molecule has 5 N–H and O–H groups in total. The van der Waals surface area contributed by atoms with Crippen LogP contribution in [0.3, 0.4) is 0 Å². The molecule has 11 heteroatoms. The lowest BCUT2D eigenvalue weighted by molar-refractivity contribution is -0.150. The maximum absolute atomic E-state index is 11.9. The number of aliphatic hydroxyl groups is 4. The molecule has 11 nitrogen and oxygen atoms in total. The fourth-order valence-electron chi connectivity index (χ4n) is 2.23. The van der Waals surface area contributed by atoms with Crippen molar-refractivity contribution in [3.8, 4) is 0 Å². The highest BCUT2D eigenvalue weighted by Crippen LogP contribution is 2.28. The fraction of sp³-hybridized carbons (Fsp3) is 0.583. The average Bonchev–Trinajstić information content (AvgIpc) is 2.81. The van der Waals surface area contributed by atoms with Crippen LogP contribution in [0.4, 0.5) is 0 Å². The molecule has 0 aromatic carbocycles. The summed E-state index contributed by atoms with van der Waals surface area (Å²) in [6.45, 7) is -0.607. The van der Waals surface area contributed by atoms with E-state index in [1.165, 1.54) is 0 Å². The van der Waals surface area contributed by atoms with E-state index in [1.807, 2.05) is 4.98 Å². The number of hydrogen-bond acceptors (Lipinski definition) is 9. The smallest absolute Gasteiger partial charge is 0.339 e. The Hall–Kier alpha value is -2.05. The molecule has 1 aliphatic heterocycles. The van der Waals surface area contributed by atoms with E-state index in [2.05, 4.69) is 4.74 Å². The molecule has 5 atom stereocenters. The molecule has 0 radical (unpaired) electrons. The first-order valence-electron chi connectivity index (χ1n) is 6.55. The lowest BCUT2D eigenvalue weighted by atomic mass is 10.1. The van der Waals surface area contributed by atoms with Gasteiger partial charge in [0.15, 0.2) is 12.3 Å². The Balaban J connectivity index is 2.46. The number of hydrogen-bond donors (Lipinski definition) is 5. The molecule has 0 saturated carbocycles. The Morgan fingerprint density at radius 2 is 2.09 bits per heavy atom. The SMILES string of the molecule is COC(=O)C(O)c1cn([C@H]2O[C@H](CO)[C@@H](O)[C@H]2O)c(=O)[nH]c1=O. The highest BCUT2D eigenvalue weighted by Gasteiger charge is 2.44. The van der Waals surface area contributed by atoms with E-state index in [1.54, 1.807) is 0 Å². The first kappa shape index (κ1) is 17.3. The van der Waals surface area contributed by atoms with Gasteiger partial charge in [0.2, 0.25) is 0 Å². The van der Waals surface area contributed by atoms with Crippen molar-refractivity contribution in [1.82, 2.24) is 9.55 Å². The van der Waals surface area contributed by atoms with Gasteiger partial charge in [0.05, 0.1) is 19.3 Å². The zero-order valence-electron chi connectivity index (χ0n) is 11.9. The Kier molecular flexibility index (Phi) is 4.97. The molecule has 0 amide bonds. The van der Waals surface area contributed by atoms with Gasteiger partial charge < -0.3 is 29.9 Å². The Labute approximate surface area is 128 Å². The monoisotopic (exact) mass is 332 g/mol. The molecule has 128 valence electrons. The molecule has 1 aromatic rings. The van der Waals surface area contributed by atoms with Crippen molar-refractivity contribution in [2.45, 2.75) is 30.6 Å². The van der Waals surface area contributed by atoms with Gasteiger partial charge in [-0.25, -0.2) is 9.59 Å². The van der Waals surface area contributed by atoms with Crippen LogP contribution in [-0.4, -0.2) is 68.0 Å². The van der Waals surface area contributed by atoms with Crippen LogP contribution in [-0.2, 0) is 14.3 Å². The van der Waals surface area contributed by atoms with Crippen molar-refractivity contribution in [1.29, 1.82) is 0 Å². The van der Waals surface area contributed by atoms with Crippen molar-refractivity contribution in [3.05, 3.63) is 32.6 Å². The first-order valence-corrected chi connectivity index (χ1v) is 6.55. The van der Waals surface area contributed by atoms with Crippen LogP contribution in [0.2, 0.25) is 0 Å². The van der Waals surface area contributed by atoms with E-state index in [9.17, 15) is 29.7 Å². The lowest BCUT2D eigenvalue weighted by Gasteiger charge is -2.18. The summed E-state index contributed by atoms with van der Waals surface area (Å²) in [5.41, 5.74) is -2.52. The Morgan fingerprint density at radius 1 is 1.43 bits per heavy atom. The van der Waals surface area contributed by atoms with Crippen LogP contribution < -0.4 is 11.2 Å². The highest BCUT2D eigenvalue weighted by atomic mass is 16.6. The van der Waals surface area contributed by atoms with Crippen molar-refractivity contribution in [2.24, 2.45) is 0 Å². The number of rotatable bonds is 4. The normalized spacial score (nSPS) is 28.6. The minimum Gasteiger partial charge on any atom is -0.467 e. The molecule has 1 saturated heterocycles. The van der Waals surface area contributed by atoms with Crippen LogP contribution in [0.15, 0.2) is 15.8 Å². The van der Waals surface area contributed by atoms with Crippen LogP contribution in [0.1, 0.15) is 17.9 Å². The summed E-state index contributed by atoms with van der Waals surface area (Å²) >= 11 is 0. The van der Waals surface area contributed by atoms with Crippen LogP contribution in [0.25, 0.3) is 0 Å². The van der Waals surface area contributed by atoms with Crippen molar-refractivity contribution >= 4 is 5.97 Å². The second kappa shape index (κ2) is 6.60. The fourth-order valence-corrected chi connectivity index (χ4v) is 2.23. The number of ether oxygens (including phenoxy) is 2. The molecule has 1 aromatic heterocycles. The highest BCUT2D eigenvalue weighted by molar-refractivity contribution is 5.75. The second-order valence-electron chi connectivity index (χ2n) is 4.91. The number of nitrogens with zero attached hydrogens (tertiary/aromatic N) is 1. The predicted octanol–water partition coefficient (Wildman–Crippen LogP) is -3.65. The summed E-state index contributed by atoms with van der Waals surface area (Å²) in [6, 6.07) is 0. The zero-order valence-corrected chi connectivity index (χ0v) is 11.9. The Morgan fingerprint density at radius 3 is 2.61 bits per heavy atom. The van der Waals surface area contributed by atoms with E-state index >= 15 is 0 Å². The summed E-state index contributed by atoms with van der Waals surface area (Å²) in [5, 5.41) is 38.4. The van der Waals surface area contributed by atoms with E-state index in [-0.39, 0.29) is 0 Å². The maximum Gasteiger partial charge on any atom is 0.339 e. The van der Waals surface area contributed by atoms with Gasteiger partial charge in [-0.15, -0.1) is 0 Å². The molecule has 23 heavy (non-hydrogen) atoms. The molecule has 1 fully saturated rings. The number of aromatic nitrogens is 2. The van der Waals surface area contributed by atoms with Crippen LogP contribution in [0, 0.1) is 0 Å². The first-order chi connectivity index (χ1) is 10.8. The third kappa shape index (κ3) is 3.04. The van der Waals surface area contributed by atoms with Crippen LogP contribution in [0.5, 0.6) is 0 Å². The molecule has 1 aliphatic rings. The summed E-state index contributed by atoms with van der Waals surface area (Å²) in [6.07, 6.45) is -6.72. The topological polar surface area (TPSA) is 171 Å². The minimum absolute atomic E-state index is 0.505. The predicted molar refractivity (Wildman–Crippen MR) is 71.3 cm³/mol. The second-order valence-corrected chi connectivity index (χ2v) is 4.91. The summed E-state index contributed by atoms with van der Waals surface area (Å²) < 4.78 is 10.2. The lowest BCUT2D eigenvalue weighted by Crippen LogP contribution is -2.39. The number of aromatic amines is 1. The van der Waals surface area contributed by atoms with E-state index in [4.69, 9.17) is 9.84 Å². The number of methoxy groups -OCH3 is 1. The third-order valence-corrected chi connectivity index (χ3v) is 3.51. The number of carbonyl (C=O) groups is 1. The molecule has 0 bridgehead atoms. The Bertz CT molecular complexity index is 697. The molecular weight excluding hydrogens is 316 g/mol. The molecular formula is C12H16N2O9. The third-order valence-electron chi connectivity index (χ3n) is 3.51. The number of H-pyrrole nitrogens is 1. The van der Waals surface area contributed by atoms with Gasteiger partial charge in [-0.1, -0.05) is 0 Å². The standard InChI is InChI=1S/C12H16N2O9/c1-22-11(20)6(16)4-2-14(12(21)13-9(4)19)10-8(18)7(17)5(3-15)23-10/h2,5-8,10,15-18H,3H2,1H3,(H,13,19,21)/t5-,6?,7-,8-,10+/m1/s1. The summed E-state index contributed by atoms with van der Waals surface area (Å²) in [4.78, 5) is 36.8. The number of carbonyl (C=O) groups excluding carboxylic acids is 1. The van der Waals surface area contributed by atoms with Gasteiger partial charge in [0.1, 0.15) is 18.3 Å². The van der Waals surface area contributed by atoms with Gasteiger partial charge in [0, 0.05) is 6.20 Å². The number of esters is 1. The quantitative estimate of drug-likeness (QED) is 0.349. The largest absolute Gasteiger partial charge is 0.467 e. The van der Waals surface area contributed by atoms with Gasteiger partial charge >= 0.3 is 11.7 Å². The molecule has 2 rings (SSSR count). The van der Waals surface area contributed by atoms with Gasteiger partial charge in [0.25, 0.3) is 5.56 Å². The van der Waals surface area contributed by atoms with Crippen molar-refractivity contribution in [2.75, 3.05) is 13.7 Å². The summed E-state index contributed by atoms with van der Waals surface area (Å²) in [7, 11) is 1.00. The minimum atomic E-state index is -1.95. The van der Waals surface area contributed by atoms with Gasteiger partial charge in [-0.2, -0.15) is 0 Å². The van der Waals surface area contributed by atoms with Gasteiger partial charge in [-0.05, 0) is 0 Å². The van der Waals surface area contributed by atoms with E-state index in [0.29, 0.717) is 4.57 Å². The van der Waals surface area contributed by atoms with Crippen LogP contribution >= 0.6 is 0 Å².